The minimum atomic E-state index is -0.204. The van der Waals surface area contributed by atoms with Crippen molar-refractivity contribution in [3.05, 3.63) is 52.8 Å². The van der Waals surface area contributed by atoms with Gasteiger partial charge in [-0.3, -0.25) is 9.59 Å². The van der Waals surface area contributed by atoms with Crippen LogP contribution in [-0.4, -0.2) is 34.9 Å². The molecular formula is C18H23N3O2. The third-order valence-corrected chi connectivity index (χ3v) is 4.06. The number of likely N-dealkylation sites (N-methyl/N-ethyl adjacent to an activating group) is 1. The van der Waals surface area contributed by atoms with Gasteiger partial charge < -0.3 is 14.8 Å². The highest BCUT2D eigenvalue weighted by atomic mass is 16.2. The molecule has 1 aromatic heterocycles. The molecule has 23 heavy (non-hydrogen) atoms. The molecule has 0 aliphatic heterocycles. The summed E-state index contributed by atoms with van der Waals surface area (Å²) >= 11 is 0. The SMILES string of the molecule is Cc1cccc(C)c1NC(=O)CN(C)C(=O)c1ccc(C)n1C. The van der Waals surface area contributed by atoms with Crippen molar-refractivity contribution in [2.75, 3.05) is 18.9 Å². The third kappa shape index (κ3) is 3.62. The number of benzene rings is 1. The lowest BCUT2D eigenvalue weighted by Gasteiger charge is -2.18. The first kappa shape index (κ1) is 16.8. The van der Waals surface area contributed by atoms with E-state index in [0.29, 0.717) is 5.69 Å². The summed E-state index contributed by atoms with van der Waals surface area (Å²) in [6.45, 7) is 5.84. The Kier molecular flexibility index (Phi) is 4.89. The number of carbonyl (C=O) groups excluding carboxylic acids is 2. The number of nitrogens with zero attached hydrogens (tertiary/aromatic N) is 2. The summed E-state index contributed by atoms with van der Waals surface area (Å²) in [4.78, 5) is 26.1. The maximum absolute atomic E-state index is 12.4. The quantitative estimate of drug-likeness (QED) is 0.943. The number of para-hydroxylation sites is 1. The van der Waals surface area contributed by atoms with Crippen LogP contribution in [0.15, 0.2) is 30.3 Å². The van der Waals surface area contributed by atoms with E-state index >= 15 is 0 Å². The Hall–Kier alpha value is -2.56. The lowest BCUT2D eigenvalue weighted by molar-refractivity contribution is -0.116. The molecule has 2 aromatic rings. The number of amides is 2. The number of aryl methyl sites for hydroxylation is 3. The zero-order chi connectivity index (χ0) is 17.1. The number of carbonyl (C=O) groups is 2. The van der Waals surface area contributed by atoms with Gasteiger partial charge >= 0.3 is 0 Å². The number of anilines is 1. The highest BCUT2D eigenvalue weighted by Gasteiger charge is 2.18. The Morgan fingerprint density at radius 3 is 2.22 bits per heavy atom. The summed E-state index contributed by atoms with van der Waals surface area (Å²) in [6.07, 6.45) is 0. The lowest BCUT2D eigenvalue weighted by Crippen LogP contribution is -2.36. The summed E-state index contributed by atoms with van der Waals surface area (Å²) in [5.41, 5.74) is 4.40. The molecule has 0 bridgehead atoms. The smallest absolute Gasteiger partial charge is 0.270 e. The molecule has 1 N–H and O–H groups in total. The number of hydrogen-bond acceptors (Lipinski definition) is 2. The van der Waals surface area contributed by atoms with E-state index in [0.717, 1.165) is 22.5 Å². The summed E-state index contributed by atoms with van der Waals surface area (Å²) in [5.74, 6) is -0.374. The highest BCUT2D eigenvalue weighted by molar-refractivity contribution is 5.99. The molecule has 1 aromatic carbocycles. The van der Waals surface area contributed by atoms with E-state index in [2.05, 4.69) is 5.32 Å². The van der Waals surface area contributed by atoms with Crippen LogP contribution >= 0.6 is 0 Å². The second-order valence-corrected chi connectivity index (χ2v) is 5.90. The average Bonchev–Trinajstić information content (AvgIpc) is 2.82. The van der Waals surface area contributed by atoms with Gasteiger partial charge in [0, 0.05) is 25.5 Å². The van der Waals surface area contributed by atoms with Crippen molar-refractivity contribution in [2.45, 2.75) is 20.8 Å². The summed E-state index contributed by atoms with van der Waals surface area (Å²) in [6, 6.07) is 9.51. The number of hydrogen-bond donors (Lipinski definition) is 1. The molecule has 0 unspecified atom stereocenters. The maximum atomic E-state index is 12.4. The number of aromatic nitrogens is 1. The van der Waals surface area contributed by atoms with Crippen LogP contribution in [0, 0.1) is 20.8 Å². The van der Waals surface area contributed by atoms with Gasteiger partial charge in [-0.05, 0) is 44.0 Å². The monoisotopic (exact) mass is 313 g/mol. The molecule has 2 rings (SSSR count). The van der Waals surface area contributed by atoms with Gasteiger partial charge in [0.1, 0.15) is 5.69 Å². The standard InChI is InChI=1S/C18H23N3O2/c1-12-7-6-8-13(2)17(12)19-16(22)11-20(4)18(23)15-10-9-14(3)21(15)5/h6-10H,11H2,1-5H3,(H,19,22). The molecule has 0 aliphatic carbocycles. The summed E-state index contributed by atoms with van der Waals surface area (Å²) < 4.78 is 1.82. The molecule has 2 amide bonds. The normalized spacial score (nSPS) is 10.5. The van der Waals surface area contributed by atoms with Crippen molar-refractivity contribution < 1.29 is 9.59 Å². The molecule has 0 saturated heterocycles. The second-order valence-electron chi connectivity index (χ2n) is 5.90. The predicted octanol–water partition coefficient (Wildman–Crippen LogP) is 2.66. The Balaban J connectivity index is 2.05. The molecule has 0 saturated carbocycles. The minimum absolute atomic E-state index is 0.0107. The van der Waals surface area contributed by atoms with Crippen LogP contribution in [0.3, 0.4) is 0 Å². The Morgan fingerprint density at radius 2 is 1.70 bits per heavy atom. The fourth-order valence-electron chi connectivity index (χ4n) is 2.50. The van der Waals surface area contributed by atoms with E-state index in [-0.39, 0.29) is 18.4 Å². The first-order valence-corrected chi connectivity index (χ1v) is 7.55. The van der Waals surface area contributed by atoms with Gasteiger partial charge in [0.15, 0.2) is 0 Å². The topological polar surface area (TPSA) is 54.3 Å². The summed E-state index contributed by atoms with van der Waals surface area (Å²) in [5, 5.41) is 2.90. The number of rotatable bonds is 4. The van der Waals surface area contributed by atoms with Gasteiger partial charge in [-0.1, -0.05) is 18.2 Å². The van der Waals surface area contributed by atoms with E-state index in [1.807, 2.05) is 56.7 Å². The second kappa shape index (κ2) is 6.69. The molecule has 0 aliphatic rings. The van der Waals surface area contributed by atoms with Crippen molar-refractivity contribution in [3.63, 3.8) is 0 Å². The van der Waals surface area contributed by atoms with E-state index in [4.69, 9.17) is 0 Å². The Labute approximate surface area is 136 Å². The van der Waals surface area contributed by atoms with Gasteiger partial charge in [0.2, 0.25) is 5.91 Å². The Bertz CT molecular complexity index is 726. The fraction of sp³-hybridized carbons (Fsp3) is 0.333. The highest BCUT2D eigenvalue weighted by Crippen LogP contribution is 2.19. The predicted molar refractivity (Wildman–Crippen MR) is 91.7 cm³/mol. The van der Waals surface area contributed by atoms with Crippen LogP contribution in [0.5, 0.6) is 0 Å². The van der Waals surface area contributed by atoms with E-state index in [1.165, 1.54) is 4.90 Å². The first-order chi connectivity index (χ1) is 10.8. The van der Waals surface area contributed by atoms with Crippen molar-refractivity contribution in [3.8, 4) is 0 Å². The first-order valence-electron chi connectivity index (χ1n) is 7.55. The molecule has 5 nitrogen and oxygen atoms in total. The molecule has 5 heteroatoms. The van der Waals surface area contributed by atoms with Crippen molar-refractivity contribution >= 4 is 17.5 Å². The molecule has 0 fully saturated rings. The van der Waals surface area contributed by atoms with E-state index in [1.54, 1.807) is 13.1 Å². The Morgan fingerprint density at radius 1 is 1.09 bits per heavy atom. The van der Waals surface area contributed by atoms with Crippen LogP contribution in [0.2, 0.25) is 0 Å². The largest absolute Gasteiger partial charge is 0.344 e. The molecule has 0 atom stereocenters. The zero-order valence-electron chi connectivity index (χ0n) is 14.3. The fourth-order valence-corrected chi connectivity index (χ4v) is 2.50. The lowest BCUT2D eigenvalue weighted by atomic mass is 10.1. The van der Waals surface area contributed by atoms with E-state index < -0.39 is 0 Å². The van der Waals surface area contributed by atoms with Crippen molar-refractivity contribution in [1.82, 2.24) is 9.47 Å². The summed E-state index contributed by atoms with van der Waals surface area (Å²) in [7, 11) is 3.47. The van der Waals surface area contributed by atoms with Crippen molar-refractivity contribution in [1.29, 1.82) is 0 Å². The van der Waals surface area contributed by atoms with Gasteiger partial charge in [0.25, 0.3) is 5.91 Å². The van der Waals surface area contributed by atoms with Crippen LogP contribution in [0.1, 0.15) is 27.3 Å². The third-order valence-electron chi connectivity index (χ3n) is 4.06. The van der Waals surface area contributed by atoms with Gasteiger partial charge in [-0.25, -0.2) is 0 Å². The van der Waals surface area contributed by atoms with Crippen LogP contribution in [0.25, 0.3) is 0 Å². The zero-order valence-corrected chi connectivity index (χ0v) is 14.3. The molecule has 0 radical (unpaired) electrons. The van der Waals surface area contributed by atoms with Crippen LogP contribution < -0.4 is 5.32 Å². The molecular weight excluding hydrogens is 290 g/mol. The van der Waals surface area contributed by atoms with E-state index in [9.17, 15) is 9.59 Å². The van der Waals surface area contributed by atoms with Crippen LogP contribution in [-0.2, 0) is 11.8 Å². The van der Waals surface area contributed by atoms with Crippen LogP contribution in [0.4, 0.5) is 5.69 Å². The van der Waals surface area contributed by atoms with Gasteiger partial charge in [-0.2, -0.15) is 0 Å². The minimum Gasteiger partial charge on any atom is -0.344 e. The van der Waals surface area contributed by atoms with Gasteiger partial charge in [0.05, 0.1) is 6.54 Å². The molecule has 1 heterocycles. The molecule has 122 valence electrons. The number of nitrogens with one attached hydrogen (secondary N) is 1. The average molecular weight is 313 g/mol. The molecule has 0 spiro atoms. The maximum Gasteiger partial charge on any atom is 0.270 e. The van der Waals surface area contributed by atoms with Crippen molar-refractivity contribution in [2.24, 2.45) is 7.05 Å². The van der Waals surface area contributed by atoms with Gasteiger partial charge in [-0.15, -0.1) is 0 Å².